The van der Waals surface area contributed by atoms with Crippen molar-refractivity contribution in [3.8, 4) is 11.5 Å². The molecule has 3 heterocycles. The Morgan fingerprint density at radius 3 is 2.93 bits per heavy atom. The lowest BCUT2D eigenvalue weighted by atomic mass is 9.92. The molecule has 0 unspecified atom stereocenters. The first-order valence-corrected chi connectivity index (χ1v) is 9.77. The van der Waals surface area contributed by atoms with Crippen LogP contribution in [0.5, 0.6) is 11.5 Å². The van der Waals surface area contributed by atoms with Crippen molar-refractivity contribution in [2.45, 2.75) is 32.1 Å². The van der Waals surface area contributed by atoms with Crippen LogP contribution in [0.25, 0.3) is 0 Å². The molecule has 0 radical (unpaired) electrons. The molecule has 1 atom stereocenters. The van der Waals surface area contributed by atoms with Gasteiger partial charge in [-0.25, -0.2) is 0 Å². The highest BCUT2D eigenvalue weighted by Gasteiger charge is 2.24. The number of para-hydroxylation sites is 1. The van der Waals surface area contributed by atoms with E-state index in [2.05, 4.69) is 11.1 Å². The Morgan fingerprint density at radius 2 is 2.11 bits per heavy atom. The largest absolute Gasteiger partial charge is 0.493 e. The summed E-state index contributed by atoms with van der Waals surface area (Å²) in [6.45, 7) is 2.37. The van der Waals surface area contributed by atoms with Gasteiger partial charge in [0.05, 0.1) is 13.7 Å². The number of amides is 1. The fraction of sp³-hybridized carbons (Fsp3) is 0.455. The lowest BCUT2D eigenvalue weighted by Gasteiger charge is -2.27. The van der Waals surface area contributed by atoms with Crippen LogP contribution in [0.1, 0.15) is 40.9 Å². The van der Waals surface area contributed by atoms with Gasteiger partial charge in [0.2, 0.25) is 0 Å². The monoisotopic (exact) mass is 366 g/mol. The number of piperidine rings is 1. The molecule has 1 fully saturated rings. The van der Waals surface area contributed by atoms with Gasteiger partial charge in [-0.3, -0.25) is 9.78 Å². The highest BCUT2D eigenvalue weighted by molar-refractivity contribution is 5.94. The number of hydrogen-bond donors (Lipinski definition) is 0. The molecule has 27 heavy (non-hydrogen) atoms. The van der Waals surface area contributed by atoms with E-state index in [4.69, 9.17) is 9.47 Å². The van der Waals surface area contributed by atoms with Gasteiger partial charge in [0.25, 0.3) is 5.91 Å². The van der Waals surface area contributed by atoms with Crippen molar-refractivity contribution >= 4 is 5.91 Å². The number of rotatable bonds is 4. The molecule has 0 N–H and O–H groups in total. The van der Waals surface area contributed by atoms with E-state index in [-0.39, 0.29) is 5.91 Å². The summed E-state index contributed by atoms with van der Waals surface area (Å²) in [5, 5.41) is 0. The number of fused-ring (bicyclic) bond motifs is 1. The fourth-order valence-electron chi connectivity index (χ4n) is 4.05. The molecule has 1 aromatic carbocycles. The third-order valence-electron chi connectivity index (χ3n) is 5.46. The molecule has 1 saturated heterocycles. The molecule has 0 spiro atoms. The van der Waals surface area contributed by atoms with Crippen LogP contribution >= 0.6 is 0 Å². The van der Waals surface area contributed by atoms with Crippen LogP contribution in [-0.2, 0) is 12.8 Å². The first kappa shape index (κ1) is 17.8. The highest BCUT2D eigenvalue weighted by Crippen LogP contribution is 2.36. The molecule has 2 aliphatic heterocycles. The molecule has 0 saturated carbocycles. The number of nitrogens with zero attached hydrogens (tertiary/aromatic N) is 2. The molecule has 2 aromatic rings. The molecule has 2 aliphatic rings. The van der Waals surface area contributed by atoms with Crippen LogP contribution in [0.3, 0.4) is 0 Å². The normalized spacial score (nSPS) is 19.1. The van der Waals surface area contributed by atoms with Gasteiger partial charge in [-0.2, -0.15) is 0 Å². The maximum Gasteiger partial charge on any atom is 0.253 e. The zero-order valence-electron chi connectivity index (χ0n) is 15.8. The van der Waals surface area contributed by atoms with E-state index in [9.17, 15) is 4.79 Å². The third-order valence-corrected chi connectivity index (χ3v) is 5.46. The van der Waals surface area contributed by atoms with Crippen molar-refractivity contribution in [2.75, 3.05) is 26.8 Å². The first-order chi connectivity index (χ1) is 13.2. The number of hydrogen-bond acceptors (Lipinski definition) is 4. The summed E-state index contributed by atoms with van der Waals surface area (Å²) < 4.78 is 11.4. The van der Waals surface area contributed by atoms with E-state index in [0.29, 0.717) is 12.5 Å². The maximum atomic E-state index is 12.7. The lowest BCUT2D eigenvalue weighted by molar-refractivity contribution is 0.0724. The van der Waals surface area contributed by atoms with Gasteiger partial charge in [0, 0.05) is 36.5 Å². The standard InChI is InChI=1S/C22H26N2O3/c1-26-20-7-5-6-17-12-16(15-27-21(17)20)13-19-14-18(8-9-23-19)22(25)24-10-3-2-4-11-24/h5-9,14,16H,2-4,10-13,15H2,1H3/t16-/m1/s1. The summed E-state index contributed by atoms with van der Waals surface area (Å²) in [5.74, 6) is 2.13. The van der Waals surface area contributed by atoms with Gasteiger partial charge in [0.15, 0.2) is 11.5 Å². The molecule has 1 amide bonds. The zero-order valence-corrected chi connectivity index (χ0v) is 15.8. The summed E-state index contributed by atoms with van der Waals surface area (Å²) >= 11 is 0. The number of methoxy groups -OCH3 is 1. The second kappa shape index (κ2) is 7.99. The van der Waals surface area contributed by atoms with Crippen LogP contribution in [0.4, 0.5) is 0 Å². The van der Waals surface area contributed by atoms with Gasteiger partial charge in [-0.05, 0) is 55.9 Å². The Bertz CT molecular complexity index is 815. The van der Waals surface area contributed by atoms with Crippen molar-refractivity contribution in [2.24, 2.45) is 5.92 Å². The SMILES string of the molecule is COc1cccc2c1OC[C@@H](Cc1cc(C(=O)N3CCCCC3)ccn1)C2. The molecule has 5 heteroatoms. The van der Waals surface area contributed by atoms with Gasteiger partial charge in [-0.15, -0.1) is 0 Å². The topological polar surface area (TPSA) is 51.7 Å². The van der Waals surface area contributed by atoms with Crippen LogP contribution in [0, 0.1) is 5.92 Å². The van der Waals surface area contributed by atoms with Crippen molar-refractivity contribution in [3.63, 3.8) is 0 Å². The second-order valence-corrected chi connectivity index (χ2v) is 7.42. The third kappa shape index (κ3) is 3.92. The number of carbonyl (C=O) groups is 1. The Balaban J connectivity index is 1.45. The minimum atomic E-state index is 0.133. The lowest BCUT2D eigenvalue weighted by Crippen LogP contribution is -2.35. The van der Waals surface area contributed by atoms with Crippen LogP contribution < -0.4 is 9.47 Å². The molecule has 5 nitrogen and oxygen atoms in total. The Morgan fingerprint density at radius 1 is 1.26 bits per heavy atom. The van der Waals surface area contributed by atoms with Gasteiger partial charge < -0.3 is 14.4 Å². The van der Waals surface area contributed by atoms with Crippen LogP contribution in [-0.4, -0.2) is 42.6 Å². The van der Waals surface area contributed by atoms with Crippen molar-refractivity contribution in [3.05, 3.63) is 53.3 Å². The first-order valence-electron chi connectivity index (χ1n) is 9.77. The van der Waals surface area contributed by atoms with E-state index in [1.807, 2.05) is 29.2 Å². The summed E-state index contributed by atoms with van der Waals surface area (Å²) in [4.78, 5) is 19.2. The average Bonchev–Trinajstić information content (AvgIpc) is 2.73. The predicted molar refractivity (Wildman–Crippen MR) is 103 cm³/mol. The second-order valence-electron chi connectivity index (χ2n) is 7.42. The average molecular weight is 366 g/mol. The molecule has 142 valence electrons. The maximum absolute atomic E-state index is 12.7. The smallest absolute Gasteiger partial charge is 0.253 e. The van der Waals surface area contributed by atoms with E-state index in [0.717, 1.165) is 61.5 Å². The summed E-state index contributed by atoms with van der Waals surface area (Å²) in [5.41, 5.74) is 2.88. The molecular weight excluding hydrogens is 340 g/mol. The molecule has 1 aromatic heterocycles. The number of ether oxygens (including phenoxy) is 2. The molecule has 0 bridgehead atoms. The number of benzene rings is 1. The van der Waals surface area contributed by atoms with Gasteiger partial charge in [-0.1, -0.05) is 12.1 Å². The van der Waals surface area contributed by atoms with Crippen LogP contribution in [0.2, 0.25) is 0 Å². The Labute approximate surface area is 160 Å². The van der Waals surface area contributed by atoms with E-state index < -0.39 is 0 Å². The van der Waals surface area contributed by atoms with E-state index in [1.165, 1.54) is 12.0 Å². The number of pyridine rings is 1. The minimum absolute atomic E-state index is 0.133. The van der Waals surface area contributed by atoms with E-state index >= 15 is 0 Å². The molecule has 0 aliphatic carbocycles. The Hall–Kier alpha value is -2.56. The van der Waals surface area contributed by atoms with Crippen molar-refractivity contribution in [1.82, 2.24) is 9.88 Å². The van der Waals surface area contributed by atoms with Crippen molar-refractivity contribution in [1.29, 1.82) is 0 Å². The molecular formula is C22H26N2O3. The summed E-state index contributed by atoms with van der Waals surface area (Å²) in [7, 11) is 1.67. The Kier molecular flexibility index (Phi) is 5.28. The molecule has 4 rings (SSSR count). The quantitative estimate of drug-likeness (QED) is 0.831. The minimum Gasteiger partial charge on any atom is -0.493 e. The van der Waals surface area contributed by atoms with E-state index in [1.54, 1.807) is 13.3 Å². The van der Waals surface area contributed by atoms with Crippen LogP contribution in [0.15, 0.2) is 36.5 Å². The summed E-state index contributed by atoms with van der Waals surface area (Å²) in [6.07, 6.45) is 6.92. The predicted octanol–water partition coefficient (Wildman–Crippen LogP) is 3.51. The highest BCUT2D eigenvalue weighted by atomic mass is 16.5. The number of aromatic nitrogens is 1. The fourth-order valence-corrected chi connectivity index (χ4v) is 4.05. The zero-order chi connectivity index (χ0) is 18.6. The van der Waals surface area contributed by atoms with Crippen molar-refractivity contribution < 1.29 is 14.3 Å². The number of carbonyl (C=O) groups excluding carboxylic acids is 1. The van der Waals surface area contributed by atoms with Gasteiger partial charge in [0.1, 0.15) is 0 Å². The number of likely N-dealkylation sites (tertiary alicyclic amines) is 1. The van der Waals surface area contributed by atoms with Gasteiger partial charge >= 0.3 is 0 Å². The summed E-state index contributed by atoms with van der Waals surface area (Å²) in [6, 6.07) is 9.81.